The Bertz CT molecular complexity index is 441. The molecule has 0 aliphatic carbocycles. The maximum atomic E-state index is 5.99. The summed E-state index contributed by atoms with van der Waals surface area (Å²) in [6.07, 6.45) is 5.39. The van der Waals surface area contributed by atoms with Gasteiger partial charge in [-0.15, -0.1) is 0 Å². The lowest BCUT2D eigenvalue weighted by Gasteiger charge is -1.97. The SMILES string of the molecule is SCCCc1c[nH]c2ncnc(Cl)c12. The molecule has 2 heterocycles. The third-order valence-electron chi connectivity index (χ3n) is 2.11. The molecule has 0 spiro atoms. The monoisotopic (exact) mass is 227 g/mol. The zero-order chi connectivity index (χ0) is 9.97. The predicted octanol–water partition coefficient (Wildman–Crippen LogP) is 2.47. The summed E-state index contributed by atoms with van der Waals surface area (Å²) in [6, 6.07) is 0. The van der Waals surface area contributed by atoms with E-state index in [-0.39, 0.29) is 0 Å². The smallest absolute Gasteiger partial charge is 0.142 e. The predicted molar refractivity (Wildman–Crippen MR) is 61.1 cm³/mol. The molecule has 0 atom stereocenters. The number of aryl methyl sites for hydroxylation is 1. The number of aromatic amines is 1. The highest BCUT2D eigenvalue weighted by Gasteiger charge is 2.08. The molecular weight excluding hydrogens is 218 g/mol. The quantitative estimate of drug-likeness (QED) is 0.625. The number of rotatable bonds is 3. The third kappa shape index (κ3) is 1.72. The van der Waals surface area contributed by atoms with E-state index in [2.05, 4.69) is 27.6 Å². The largest absolute Gasteiger partial charge is 0.346 e. The fraction of sp³-hybridized carbons (Fsp3) is 0.333. The summed E-state index contributed by atoms with van der Waals surface area (Å²) in [7, 11) is 0. The first-order chi connectivity index (χ1) is 6.83. The van der Waals surface area contributed by atoms with Crippen molar-refractivity contribution in [3.05, 3.63) is 23.2 Å². The standard InChI is InChI=1S/C9H10ClN3S/c10-8-7-6(2-1-3-14)4-11-9(7)13-5-12-8/h4-5,14H,1-3H2,(H,11,12,13). The van der Waals surface area contributed by atoms with Crippen LogP contribution >= 0.6 is 24.2 Å². The summed E-state index contributed by atoms with van der Waals surface area (Å²) >= 11 is 10.2. The highest BCUT2D eigenvalue weighted by atomic mass is 35.5. The number of hydrogen-bond acceptors (Lipinski definition) is 3. The van der Waals surface area contributed by atoms with Crippen LogP contribution in [0.3, 0.4) is 0 Å². The van der Waals surface area contributed by atoms with Crippen molar-refractivity contribution in [1.29, 1.82) is 0 Å². The van der Waals surface area contributed by atoms with E-state index in [1.165, 1.54) is 11.9 Å². The molecule has 3 nitrogen and oxygen atoms in total. The summed E-state index contributed by atoms with van der Waals surface area (Å²) in [5.74, 6) is 0.873. The van der Waals surface area contributed by atoms with E-state index in [9.17, 15) is 0 Å². The maximum absolute atomic E-state index is 5.99. The van der Waals surface area contributed by atoms with Gasteiger partial charge in [-0.1, -0.05) is 11.6 Å². The Hall–Kier alpha value is -0.740. The van der Waals surface area contributed by atoms with Crippen LogP contribution in [-0.4, -0.2) is 20.7 Å². The molecule has 74 valence electrons. The van der Waals surface area contributed by atoms with Crippen LogP contribution in [0.25, 0.3) is 11.0 Å². The number of hydrogen-bond donors (Lipinski definition) is 2. The van der Waals surface area contributed by atoms with E-state index in [1.807, 2.05) is 6.20 Å². The summed E-state index contributed by atoms with van der Waals surface area (Å²) in [5.41, 5.74) is 1.97. The number of thiol groups is 1. The minimum absolute atomic E-state index is 0.519. The number of nitrogens with zero attached hydrogens (tertiary/aromatic N) is 2. The van der Waals surface area contributed by atoms with Crippen LogP contribution in [0.15, 0.2) is 12.5 Å². The van der Waals surface area contributed by atoms with Crippen molar-refractivity contribution in [1.82, 2.24) is 15.0 Å². The Morgan fingerprint density at radius 2 is 2.29 bits per heavy atom. The van der Waals surface area contributed by atoms with Crippen LogP contribution in [0.5, 0.6) is 0 Å². The molecule has 2 aromatic heterocycles. The normalized spacial score (nSPS) is 11.0. The van der Waals surface area contributed by atoms with Crippen molar-refractivity contribution in [2.24, 2.45) is 0 Å². The highest BCUT2D eigenvalue weighted by molar-refractivity contribution is 7.80. The van der Waals surface area contributed by atoms with Crippen LogP contribution in [0.1, 0.15) is 12.0 Å². The zero-order valence-corrected chi connectivity index (χ0v) is 9.15. The van der Waals surface area contributed by atoms with Crippen molar-refractivity contribution >= 4 is 35.3 Å². The molecule has 0 fully saturated rings. The average molecular weight is 228 g/mol. The number of fused-ring (bicyclic) bond motifs is 1. The molecule has 0 aliphatic rings. The van der Waals surface area contributed by atoms with E-state index in [1.54, 1.807) is 0 Å². The molecule has 0 saturated carbocycles. The molecule has 0 aromatic carbocycles. The second-order valence-corrected chi connectivity index (χ2v) is 3.83. The molecule has 1 N–H and O–H groups in total. The summed E-state index contributed by atoms with van der Waals surface area (Å²) in [6.45, 7) is 0. The van der Waals surface area contributed by atoms with Gasteiger partial charge in [0.05, 0.1) is 5.39 Å². The fourth-order valence-electron chi connectivity index (χ4n) is 1.45. The van der Waals surface area contributed by atoms with Crippen molar-refractivity contribution in [3.8, 4) is 0 Å². The summed E-state index contributed by atoms with van der Waals surface area (Å²) in [4.78, 5) is 11.1. The van der Waals surface area contributed by atoms with Crippen LogP contribution in [0.2, 0.25) is 5.15 Å². The molecule has 2 rings (SSSR count). The molecule has 2 aromatic rings. The highest BCUT2D eigenvalue weighted by Crippen LogP contribution is 2.23. The van der Waals surface area contributed by atoms with Crippen LogP contribution in [0.4, 0.5) is 0 Å². The van der Waals surface area contributed by atoms with Gasteiger partial charge in [0.1, 0.15) is 17.1 Å². The van der Waals surface area contributed by atoms with Gasteiger partial charge < -0.3 is 4.98 Å². The lowest BCUT2D eigenvalue weighted by atomic mass is 10.1. The van der Waals surface area contributed by atoms with E-state index >= 15 is 0 Å². The van der Waals surface area contributed by atoms with Gasteiger partial charge in [0, 0.05) is 6.20 Å². The molecule has 0 saturated heterocycles. The number of halogens is 1. The van der Waals surface area contributed by atoms with E-state index in [0.29, 0.717) is 5.15 Å². The van der Waals surface area contributed by atoms with Gasteiger partial charge in [-0.3, -0.25) is 0 Å². The number of aromatic nitrogens is 3. The molecule has 5 heteroatoms. The molecule has 0 amide bonds. The minimum atomic E-state index is 0.519. The summed E-state index contributed by atoms with van der Waals surface area (Å²) in [5, 5.41) is 1.46. The topological polar surface area (TPSA) is 41.6 Å². The van der Waals surface area contributed by atoms with Crippen LogP contribution in [0, 0.1) is 0 Å². The number of H-pyrrole nitrogens is 1. The van der Waals surface area contributed by atoms with Gasteiger partial charge in [0.15, 0.2) is 0 Å². The van der Waals surface area contributed by atoms with Crippen LogP contribution in [-0.2, 0) is 6.42 Å². The van der Waals surface area contributed by atoms with Crippen molar-refractivity contribution in [3.63, 3.8) is 0 Å². The molecule has 0 unspecified atom stereocenters. The lowest BCUT2D eigenvalue weighted by Crippen LogP contribution is -1.87. The lowest BCUT2D eigenvalue weighted by molar-refractivity contribution is 0.943. The second kappa shape index (κ2) is 4.19. The van der Waals surface area contributed by atoms with Crippen molar-refractivity contribution < 1.29 is 0 Å². The van der Waals surface area contributed by atoms with E-state index in [4.69, 9.17) is 11.6 Å². The average Bonchev–Trinajstić information content (AvgIpc) is 2.59. The second-order valence-electron chi connectivity index (χ2n) is 3.03. The van der Waals surface area contributed by atoms with Gasteiger partial charge in [-0.25, -0.2) is 9.97 Å². The molecule has 0 aliphatic heterocycles. The third-order valence-corrected chi connectivity index (χ3v) is 2.71. The van der Waals surface area contributed by atoms with E-state index in [0.717, 1.165) is 29.6 Å². The molecule has 14 heavy (non-hydrogen) atoms. The van der Waals surface area contributed by atoms with Crippen molar-refractivity contribution in [2.45, 2.75) is 12.8 Å². The van der Waals surface area contributed by atoms with Crippen molar-refractivity contribution in [2.75, 3.05) is 5.75 Å². The van der Waals surface area contributed by atoms with Gasteiger partial charge >= 0.3 is 0 Å². The Kier molecular flexibility index (Phi) is 2.93. The first-order valence-electron chi connectivity index (χ1n) is 4.40. The summed E-state index contributed by atoms with van der Waals surface area (Å²) < 4.78 is 0. The molecule has 0 radical (unpaired) electrons. The first-order valence-corrected chi connectivity index (χ1v) is 5.41. The van der Waals surface area contributed by atoms with E-state index < -0.39 is 0 Å². The Labute approximate surface area is 92.3 Å². The Balaban J connectivity index is 2.45. The first kappa shape index (κ1) is 9.80. The van der Waals surface area contributed by atoms with Gasteiger partial charge in [-0.2, -0.15) is 12.6 Å². The number of nitrogens with one attached hydrogen (secondary N) is 1. The molecular formula is C9H10ClN3S. The zero-order valence-electron chi connectivity index (χ0n) is 7.50. The maximum Gasteiger partial charge on any atom is 0.142 e. The molecule has 0 bridgehead atoms. The Morgan fingerprint density at radius 3 is 3.07 bits per heavy atom. The van der Waals surface area contributed by atoms with Gasteiger partial charge in [-0.05, 0) is 24.2 Å². The Morgan fingerprint density at radius 1 is 1.43 bits per heavy atom. The fourth-order valence-corrected chi connectivity index (χ4v) is 1.87. The minimum Gasteiger partial charge on any atom is -0.346 e. The van der Waals surface area contributed by atoms with Crippen LogP contribution < -0.4 is 0 Å². The van der Waals surface area contributed by atoms with Gasteiger partial charge in [0.25, 0.3) is 0 Å². The van der Waals surface area contributed by atoms with Gasteiger partial charge in [0.2, 0.25) is 0 Å².